The maximum atomic E-state index is 11.7. The lowest BCUT2D eigenvalue weighted by molar-refractivity contribution is -0.142. The van der Waals surface area contributed by atoms with E-state index >= 15 is 0 Å². The summed E-state index contributed by atoms with van der Waals surface area (Å²) in [6.07, 6.45) is 1.90. The van der Waals surface area contributed by atoms with Gasteiger partial charge in [0.2, 0.25) is 0 Å². The van der Waals surface area contributed by atoms with Gasteiger partial charge in [-0.3, -0.25) is 9.59 Å². The first-order valence-corrected chi connectivity index (χ1v) is 5.56. The minimum atomic E-state index is -0.655. The fourth-order valence-corrected chi connectivity index (χ4v) is 1.83. The van der Waals surface area contributed by atoms with Crippen LogP contribution in [0.25, 0.3) is 0 Å². The van der Waals surface area contributed by atoms with Crippen LogP contribution < -0.4 is 5.32 Å². The molecule has 1 aliphatic heterocycles. The maximum absolute atomic E-state index is 11.7. The highest BCUT2D eigenvalue weighted by Gasteiger charge is 2.24. The Kier molecular flexibility index (Phi) is 3.27. The second-order valence-electron chi connectivity index (χ2n) is 4.00. The van der Waals surface area contributed by atoms with E-state index in [-0.39, 0.29) is 5.75 Å². The molecule has 1 aliphatic rings. The highest BCUT2D eigenvalue weighted by atomic mass is 16.3. The zero-order valence-corrected chi connectivity index (χ0v) is 9.35. The lowest BCUT2D eigenvalue weighted by atomic mass is 10.3. The molecule has 0 unspecified atom stereocenters. The van der Waals surface area contributed by atoms with Gasteiger partial charge >= 0.3 is 11.8 Å². The van der Waals surface area contributed by atoms with Crippen LogP contribution in [0.1, 0.15) is 12.8 Å². The third-order valence-corrected chi connectivity index (χ3v) is 2.69. The molecule has 0 bridgehead atoms. The van der Waals surface area contributed by atoms with E-state index in [0.717, 1.165) is 12.8 Å². The molecule has 1 saturated heterocycles. The first-order chi connectivity index (χ1) is 8.16. The molecule has 17 heavy (non-hydrogen) atoms. The number of anilines is 1. The van der Waals surface area contributed by atoms with Crippen LogP contribution in [0.5, 0.6) is 5.75 Å². The van der Waals surface area contributed by atoms with E-state index in [1.807, 2.05) is 0 Å². The van der Waals surface area contributed by atoms with Gasteiger partial charge < -0.3 is 15.3 Å². The van der Waals surface area contributed by atoms with Crippen LogP contribution in [0, 0.1) is 0 Å². The standard InChI is InChI=1S/C12H14N2O3/c15-10-5-3-4-9(8-10)13-11(16)12(17)14-6-1-2-7-14/h3-5,8,15H,1-2,6-7H2,(H,13,16). The van der Waals surface area contributed by atoms with Crippen LogP contribution in [0.4, 0.5) is 5.69 Å². The minimum absolute atomic E-state index is 0.0522. The molecule has 1 fully saturated rings. The molecule has 2 rings (SSSR count). The zero-order valence-electron chi connectivity index (χ0n) is 9.35. The molecule has 5 nitrogen and oxygen atoms in total. The number of amides is 2. The van der Waals surface area contributed by atoms with Crippen molar-refractivity contribution in [2.75, 3.05) is 18.4 Å². The number of carbonyl (C=O) groups is 2. The number of likely N-dealkylation sites (tertiary alicyclic amines) is 1. The average molecular weight is 234 g/mol. The Labute approximate surface area is 99.0 Å². The zero-order chi connectivity index (χ0) is 12.3. The van der Waals surface area contributed by atoms with Crippen molar-refractivity contribution in [3.05, 3.63) is 24.3 Å². The van der Waals surface area contributed by atoms with E-state index in [0.29, 0.717) is 18.8 Å². The Morgan fingerprint density at radius 2 is 1.94 bits per heavy atom. The van der Waals surface area contributed by atoms with Crippen molar-refractivity contribution in [1.82, 2.24) is 4.90 Å². The summed E-state index contributed by atoms with van der Waals surface area (Å²) in [7, 11) is 0. The quantitative estimate of drug-likeness (QED) is 0.711. The molecule has 1 aromatic carbocycles. The van der Waals surface area contributed by atoms with Gasteiger partial charge in [-0.2, -0.15) is 0 Å². The molecule has 2 N–H and O–H groups in total. The lowest BCUT2D eigenvalue weighted by Crippen LogP contribution is -2.37. The maximum Gasteiger partial charge on any atom is 0.313 e. The molecule has 2 amide bonds. The second-order valence-corrected chi connectivity index (χ2v) is 4.00. The summed E-state index contributed by atoms with van der Waals surface area (Å²) >= 11 is 0. The highest BCUT2D eigenvalue weighted by molar-refractivity contribution is 6.39. The van der Waals surface area contributed by atoms with Crippen molar-refractivity contribution in [2.24, 2.45) is 0 Å². The number of phenolic OH excluding ortho intramolecular Hbond substituents is 1. The Balaban J connectivity index is 1.99. The largest absolute Gasteiger partial charge is 0.508 e. The van der Waals surface area contributed by atoms with E-state index in [9.17, 15) is 14.7 Å². The fourth-order valence-electron chi connectivity index (χ4n) is 1.83. The normalized spacial score (nSPS) is 14.7. The van der Waals surface area contributed by atoms with E-state index in [1.165, 1.54) is 17.0 Å². The van der Waals surface area contributed by atoms with Crippen LogP contribution in [-0.4, -0.2) is 34.9 Å². The highest BCUT2D eigenvalue weighted by Crippen LogP contribution is 2.15. The van der Waals surface area contributed by atoms with Crippen molar-refractivity contribution in [2.45, 2.75) is 12.8 Å². The van der Waals surface area contributed by atoms with Gasteiger partial charge in [-0.1, -0.05) is 6.07 Å². The average Bonchev–Trinajstić information content (AvgIpc) is 2.81. The van der Waals surface area contributed by atoms with Crippen molar-refractivity contribution >= 4 is 17.5 Å². The molecule has 0 aliphatic carbocycles. The van der Waals surface area contributed by atoms with Crippen molar-refractivity contribution < 1.29 is 14.7 Å². The number of benzene rings is 1. The van der Waals surface area contributed by atoms with Gasteiger partial charge in [-0.05, 0) is 25.0 Å². The van der Waals surface area contributed by atoms with E-state index < -0.39 is 11.8 Å². The number of nitrogens with zero attached hydrogens (tertiary/aromatic N) is 1. The Bertz CT molecular complexity index is 439. The number of phenols is 1. The molecule has 0 aromatic heterocycles. The molecular weight excluding hydrogens is 220 g/mol. The predicted octanol–water partition coefficient (Wildman–Crippen LogP) is 0.953. The SMILES string of the molecule is O=C(Nc1cccc(O)c1)C(=O)N1CCCC1. The third-order valence-electron chi connectivity index (χ3n) is 2.69. The Morgan fingerprint density at radius 3 is 2.59 bits per heavy atom. The first-order valence-electron chi connectivity index (χ1n) is 5.56. The van der Waals surface area contributed by atoms with Crippen LogP contribution in [0.2, 0.25) is 0 Å². The third kappa shape index (κ3) is 2.75. The molecule has 90 valence electrons. The number of nitrogens with one attached hydrogen (secondary N) is 1. The van der Waals surface area contributed by atoms with Gasteiger partial charge in [-0.15, -0.1) is 0 Å². The monoisotopic (exact) mass is 234 g/mol. The summed E-state index contributed by atoms with van der Waals surface area (Å²) in [6.45, 7) is 1.29. The molecule has 0 spiro atoms. The molecule has 5 heteroatoms. The predicted molar refractivity (Wildman–Crippen MR) is 62.6 cm³/mol. The van der Waals surface area contributed by atoms with Crippen LogP contribution >= 0.6 is 0 Å². The lowest BCUT2D eigenvalue weighted by Gasteiger charge is -2.14. The van der Waals surface area contributed by atoms with Crippen LogP contribution in [0.3, 0.4) is 0 Å². The van der Waals surface area contributed by atoms with Gasteiger partial charge in [0.15, 0.2) is 0 Å². The van der Waals surface area contributed by atoms with E-state index in [4.69, 9.17) is 0 Å². The topological polar surface area (TPSA) is 69.6 Å². The number of aromatic hydroxyl groups is 1. The van der Waals surface area contributed by atoms with Crippen LogP contribution in [0.15, 0.2) is 24.3 Å². The smallest absolute Gasteiger partial charge is 0.313 e. The summed E-state index contributed by atoms with van der Waals surface area (Å²) in [5, 5.41) is 11.7. The first kappa shape index (κ1) is 11.4. The minimum Gasteiger partial charge on any atom is -0.508 e. The van der Waals surface area contributed by atoms with Gasteiger partial charge in [0, 0.05) is 24.8 Å². The van der Waals surface area contributed by atoms with Crippen LogP contribution in [-0.2, 0) is 9.59 Å². The van der Waals surface area contributed by atoms with Gasteiger partial charge in [0.05, 0.1) is 0 Å². The molecule has 0 radical (unpaired) electrons. The van der Waals surface area contributed by atoms with E-state index in [1.54, 1.807) is 12.1 Å². The van der Waals surface area contributed by atoms with Crippen molar-refractivity contribution in [1.29, 1.82) is 0 Å². The number of carbonyl (C=O) groups excluding carboxylic acids is 2. The van der Waals surface area contributed by atoms with Crippen molar-refractivity contribution in [3.8, 4) is 5.75 Å². The fraction of sp³-hybridized carbons (Fsp3) is 0.333. The number of hydrogen-bond acceptors (Lipinski definition) is 3. The van der Waals surface area contributed by atoms with Crippen molar-refractivity contribution in [3.63, 3.8) is 0 Å². The van der Waals surface area contributed by atoms with E-state index in [2.05, 4.69) is 5.32 Å². The molecular formula is C12H14N2O3. The van der Waals surface area contributed by atoms with Gasteiger partial charge in [0.25, 0.3) is 0 Å². The summed E-state index contributed by atoms with van der Waals surface area (Å²) in [6, 6.07) is 6.12. The Morgan fingerprint density at radius 1 is 1.24 bits per heavy atom. The summed E-state index contributed by atoms with van der Waals surface area (Å²) in [4.78, 5) is 24.9. The Hall–Kier alpha value is -2.04. The number of hydrogen-bond donors (Lipinski definition) is 2. The molecule has 0 saturated carbocycles. The van der Waals surface area contributed by atoms with Gasteiger partial charge in [-0.25, -0.2) is 0 Å². The molecule has 1 heterocycles. The second kappa shape index (κ2) is 4.86. The summed E-state index contributed by atoms with van der Waals surface area (Å²) < 4.78 is 0. The van der Waals surface area contributed by atoms with Gasteiger partial charge in [0.1, 0.15) is 5.75 Å². The molecule has 0 atom stereocenters. The summed E-state index contributed by atoms with van der Waals surface area (Å²) in [5.41, 5.74) is 0.419. The number of rotatable bonds is 1. The summed E-state index contributed by atoms with van der Waals surface area (Å²) in [5.74, 6) is -1.11. The molecule has 1 aromatic rings.